The molecular weight excluding hydrogens is 887 g/mol. The molecule has 0 fully saturated rings. The first-order valence-corrected chi connectivity index (χ1v) is 32.3. The van der Waals surface area contributed by atoms with Gasteiger partial charge in [0.1, 0.15) is 0 Å². The van der Waals surface area contributed by atoms with E-state index in [1.807, 2.05) is 6.08 Å². The van der Waals surface area contributed by atoms with Gasteiger partial charge >= 0.3 is 5.97 Å². The second-order valence-electron chi connectivity index (χ2n) is 22.1. The number of esters is 1. The molecule has 0 saturated heterocycles. The number of aliphatic hydroxyl groups excluding tert-OH is 2. The molecule has 0 saturated carbocycles. The van der Waals surface area contributed by atoms with E-state index < -0.39 is 12.1 Å². The van der Waals surface area contributed by atoms with Crippen LogP contribution in [0.15, 0.2) is 36.5 Å². The summed E-state index contributed by atoms with van der Waals surface area (Å²) in [6, 6.07) is -0.624. The predicted octanol–water partition coefficient (Wildman–Crippen LogP) is 20.4. The van der Waals surface area contributed by atoms with E-state index in [0.29, 0.717) is 19.4 Å². The lowest BCUT2D eigenvalue weighted by Crippen LogP contribution is -2.45. The molecule has 0 rings (SSSR count). The highest BCUT2D eigenvalue weighted by molar-refractivity contribution is 5.76. The monoisotopic (exact) mass is 1010 g/mol. The molecule has 6 nitrogen and oxygen atoms in total. The van der Waals surface area contributed by atoms with Crippen LogP contribution < -0.4 is 5.32 Å². The van der Waals surface area contributed by atoms with Gasteiger partial charge in [-0.05, 0) is 64.2 Å². The van der Waals surface area contributed by atoms with Gasteiger partial charge in [-0.1, -0.05) is 307 Å². The Bertz CT molecular complexity index is 1170. The number of allylic oxidation sites excluding steroid dienone is 5. The Balaban J connectivity index is 3.35. The van der Waals surface area contributed by atoms with Crippen molar-refractivity contribution in [1.29, 1.82) is 0 Å². The molecule has 0 bridgehead atoms. The minimum absolute atomic E-state index is 0.00438. The molecule has 0 aliphatic rings. The Labute approximate surface area is 449 Å². The third-order valence-corrected chi connectivity index (χ3v) is 14.9. The van der Waals surface area contributed by atoms with Crippen LogP contribution >= 0.6 is 0 Å². The van der Waals surface area contributed by atoms with Crippen molar-refractivity contribution in [2.75, 3.05) is 13.2 Å². The van der Waals surface area contributed by atoms with Gasteiger partial charge in [-0.2, -0.15) is 0 Å². The Morgan fingerprint density at radius 1 is 0.389 bits per heavy atom. The minimum atomic E-state index is -0.841. The molecule has 0 aliphatic carbocycles. The van der Waals surface area contributed by atoms with Gasteiger partial charge in [0.15, 0.2) is 0 Å². The van der Waals surface area contributed by atoms with Crippen molar-refractivity contribution in [2.24, 2.45) is 0 Å². The zero-order chi connectivity index (χ0) is 52.2. The van der Waals surface area contributed by atoms with Crippen LogP contribution in [0.25, 0.3) is 0 Å². The van der Waals surface area contributed by atoms with Gasteiger partial charge in [-0.25, -0.2) is 0 Å². The minimum Gasteiger partial charge on any atom is -0.466 e. The van der Waals surface area contributed by atoms with Gasteiger partial charge in [0.2, 0.25) is 5.91 Å². The summed E-state index contributed by atoms with van der Waals surface area (Å²) in [7, 11) is 0. The molecule has 0 unspecified atom stereocenters. The van der Waals surface area contributed by atoms with Crippen LogP contribution in [-0.4, -0.2) is 47.4 Å². The van der Waals surface area contributed by atoms with Gasteiger partial charge < -0.3 is 20.3 Å². The van der Waals surface area contributed by atoms with Crippen molar-refractivity contribution in [3.63, 3.8) is 0 Å². The van der Waals surface area contributed by atoms with E-state index in [1.165, 1.54) is 270 Å². The third kappa shape index (κ3) is 57.4. The normalized spacial score (nSPS) is 12.8. The fourth-order valence-electron chi connectivity index (χ4n) is 9.96. The van der Waals surface area contributed by atoms with Gasteiger partial charge in [0.25, 0.3) is 0 Å². The van der Waals surface area contributed by atoms with Crippen LogP contribution in [0.3, 0.4) is 0 Å². The van der Waals surface area contributed by atoms with Crippen molar-refractivity contribution in [3.05, 3.63) is 36.5 Å². The SMILES string of the molecule is CCCCC/C=C\C/C=C\CCCCCCCC(=O)OCCCCCCCCCCCCCCCCCCCCCCCCCCCCCCC(=O)N[C@@H](CO)[C@H](O)/C=C/CCCCCCCCCCCC. The first kappa shape index (κ1) is 70.1. The highest BCUT2D eigenvalue weighted by Gasteiger charge is 2.18. The van der Waals surface area contributed by atoms with Crippen molar-refractivity contribution in [1.82, 2.24) is 5.32 Å². The molecule has 0 aliphatic heterocycles. The van der Waals surface area contributed by atoms with Crippen molar-refractivity contribution in [3.8, 4) is 0 Å². The average Bonchev–Trinajstić information content (AvgIpc) is 3.38. The molecule has 0 spiro atoms. The lowest BCUT2D eigenvalue weighted by molar-refractivity contribution is -0.143. The summed E-state index contributed by atoms with van der Waals surface area (Å²) >= 11 is 0. The molecule has 424 valence electrons. The van der Waals surface area contributed by atoms with Crippen LogP contribution in [0.4, 0.5) is 0 Å². The summed E-state index contributed by atoms with van der Waals surface area (Å²) in [4.78, 5) is 24.5. The van der Waals surface area contributed by atoms with Crippen molar-refractivity contribution < 1.29 is 24.5 Å². The Morgan fingerprint density at radius 2 is 0.694 bits per heavy atom. The zero-order valence-electron chi connectivity index (χ0n) is 48.4. The number of carbonyl (C=O) groups excluding carboxylic acids is 2. The van der Waals surface area contributed by atoms with Crippen LogP contribution in [0, 0.1) is 0 Å². The average molecular weight is 1010 g/mol. The summed E-state index contributed by atoms with van der Waals surface area (Å²) in [5.74, 6) is -0.0604. The van der Waals surface area contributed by atoms with E-state index in [9.17, 15) is 19.8 Å². The Morgan fingerprint density at radius 3 is 1.08 bits per heavy atom. The molecule has 0 aromatic rings. The maximum atomic E-state index is 12.4. The highest BCUT2D eigenvalue weighted by atomic mass is 16.5. The highest BCUT2D eigenvalue weighted by Crippen LogP contribution is 2.18. The predicted molar refractivity (Wildman–Crippen MR) is 315 cm³/mol. The summed E-state index contributed by atoms with van der Waals surface area (Å²) in [6.45, 7) is 4.88. The first-order chi connectivity index (χ1) is 35.5. The van der Waals surface area contributed by atoms with Gasteiger partial charge in [-0.3, -0.25) is 9.59 Å². The maximum Gasteiger partial charge on any atom is 0.305 e. The number of nitrogens with one attached hydrogen (secondary N) is 1. The standard InChI is InChI=1S/C66H125NO5/c1-3-5-7-9-11-13-15-17-32-36-40-44-48-52-56-60-66(71)72-61-57-53-49-45-41-37-34-31-29-27-25-23-21-19-18-20-22-24-26-28-30-33-35-39-43-47-51-55-59-65(70)67-63(62-68)64(69)58-54-50-46-42-38-16-14-12-10-8-6-4-2/h11,13,17,32,54,58,63-64,68-69H,3-10,12,14-16,18-31,33-53,55-57,59-62H2,1-2H3,(H,67,70)/b13-11-,32-17-,58-54+/t63-,64+/m0/s1. The smallest absolute Gasteiger partial charge is 0.305 e. The lowest BCUT2D eigenvalue weighted by Gasteiger charge is -2.20. The van der Waals surface area contributed by atoms with E-state index in [4.69, 9.17) is 4.74 Å². The van der Waals surface area contributed by atoms with Crippen LogP contribution in [-0.2, 0) is 14.3 Å². The molecule has 6 heteroatoms. The number of rotatable bonds is 60. The third-order valence-electron chi connectivity index (χ3n) is 14.9. The number of unbranched alkanes of at least 4 members (excludes halogenated alkanes) is 45. The number of ether oxygens (including phenoxy) is 1. The number of aliphatic hydroxyl groups is 2. The van der Waals surface area contributed by atoms with E-state index >= 15 is 0 Å². The summed E-state index contributed by atoms with van der Waals surface area (Å²) in [6.07, 6.45) is 77.8. The quantitative estimate of drug-likeness (QED) is 0.0320. The summed E-state index contributed by atoms with van der Waals surface area (Å²) in [5.41, 5.74) is 0. The van der Waals surface area contributed by atoms with Gasteiger partial charge in [0.05, 0.1) is 25.4 Å². The van der Waals surface area contributed by atoms with Crippen molar-refractivity contribution >= 4 is 11.9 Å². The zero-order valence-corrected chi connectivity index (χ0v) is 48.4. The van der Waals surface area contributed by atoms with E-state index in [1.54, 1.807) is 6.08 Å². The van der Waals surface area contributed by atoms with Crippen molar-refractivity contribution in [2.45, 2.75) is 360 Å². The molecule has 3 N–H and O–H groups in total. The van der Waals surface area contributed by atoms with Crippen LogP contribution in [0.1, 0.15) is 348 Å². The molecule has 0 aromatic carbocycles. The Kier molecular flexibility index (Phi) is 60.0. The second kappa shape index (κ2) is 61.6. The van der Waals surface area contributed by atoms with E-state index in [0.717, 1.165) is 51.4 Å². The molecule has 2 atom stereocenters. The van der Waals surface area contributed by atoms with Crippen LogP contribution in [0.2, 0.25) is 0 Å². The summed E-state index contributed by atoms with van der Waals surface area (Å²) < 4.78 is 5.48. The Hall–Kier alpha value is -1.92. The van der Waals surface area contributed by atoms with Crippen LogP contribution in [0.5, 0.6) is 0 Å². The number of carbonyl (C=O) groups is 2. The lowest BCUT2D eigenvalue weighted by atomic mass is 10.0. The number of hydrogen-bond acceptors (Lipinski definition) is 5. The topological polar surface area (TPSA) is 95.9 Å². The van der Waals surface area contributed by atoms with E-state index in [2.05, 4.69) is 43.5 Å². The fraction of sp³-hybridized carbons (Fsp3) is 0.879. The molecule has 72 heavy (non-hydrogen) atoms. The van der Waals surface area contributed by atoms with Gasteiger partial charge in [-0.15, -0.1) is 0 Å². The van der Waals surface area contributed by atoms with Gasteiger partial charge in [0, 0.05) is 12.8 Å². The van der Waals surface area contributed by atoms with E-state index in [-0.39, 0.29) is 18.5 Å². The first-order valence-electron chi connectivity index (χ1n) is 32.3. The number of hydrogen-bond donors (Lipinski definition) is 3. The largest absolute Gasteiger partial charge is 0.466 e. The number of amides is 1. The molecule has 1 amide bonds. The maximum absolute atomic E-state index is 12.4. The molecular formula is C66H125NO5. The molecule has 0 heterocycles. The fourth-order valence-corrected chi connectivity index (χ4v) is 9.96. The molecule has 0 aromatic heterocycles. The molecule has 0 radical (unpaired) electrons. The summed E-state index contributed by atoms with van der Waals surface area (Å²) in [5, 5.41) is 23.1. The second-order valence-corrected chi connectivity index (χ2v) is 22.1.